The van der Waals surface area contributed by atoms with E-state index in [-0.39, 0.29) is 30.9 Å². The molecule has 130 valence electrons. The highest BCUT2D eigenvalue weighted by Crippen LogP contribution is 2.24. The molecule has 1 N–H and O–H groups in total. The molecule has 3 saturated heterocycles. The van der Waals surface area contributed by atoms with Crippen molar-refractivity contribution in [2.24, 2.45) is 0 Å². The number of piperidine rings is 1. The molecule has 0 aliphatic carbocycles. The molecule has 3 unspecified atom stereocenters. The number of hydrogen-bond acceptors (Lipinski definition) is 4. The van der Waals surface area contributed by atoms with Crippen LogP contribution in [0.3, 0.4) is 0 Å². The Kier molecular flexibility index (Phi) is 8.43. The first-order valence-corrected chi connectivity index (χ1v) is 8.08. The van der Waals surface area contributed by atoms with Gasteiger partial charge >= 0.3 is 0 Å². The summed E-state index contributed by atoms with van der Waals surface area (Å²) in [5.41, 5.74) is 0. The summed E-state index contributed by atoms with van der Waals surface area (Å²) in [7, 11) is 0. The van der Waals surface area contributed by atoms with Gasteiger partial charge in [-0.1, -0.05) is 6.42 Å². The van der Waals surface area contributed by atoms with Crippen molar-refractivity contribution in [1.29, 1.82) is 0 Å². The van der Waals surface area contributed by atoms with E-state index in [0.29, 0.717) is 31.0 Å². The quantitative estimate of drug-likeness (QED) is 0.812. The highest BCUT2D eigenvalue weighted by atomic mass is 35.5. The maximum atomic E-state index is 12.6. The first-order valence-electron chi connectivity index (χ1n) is 8.08. The summed E-state index contributed by atoms with van der Waals surface area (Å²) >= 11 is 0. The molecule has 0 aromatic rings. The van der Waals surface area contributed by atoms with Crippen LogP contribution in [0, 0.1) is 0 Å². The zero-order valence-electron chi connectivity index (χ0n) is 13.3. The number of carbonyl (C=O) groups is 1. The summed E-state index contributed by atoms with van der Waals surface area (Å²) in [4.78, 5) is 17.3. The summed E-state index contributed by atoms with van der Waals surface area (Å²) in [6, 6.07) is 1.15. The van der Waals surface area contributed by atoms with Crippen LogP contribution in [0.4, 0.5) is 0 Å². The minimum Gasteiger partial charge on any atom is -0.378 e. The second kappa shape index (κ2) is 9.28. The minimum absolute atomic E-state index is 0. The summed E-state index contributed by atoms with van der Waals surface area (Å²) in [5.74, 6) is 0.297. The number of morpholine rings is 1. The number of piperazine rings is 1. The van der Waals surface area contributed by atoms with Gasteiger partial charge in [-0.2, -0.15) is 0 Å². The zero-order valence-corrected chi connectivity index (χ0v) is 15.0. The molecule has 5 nitrogen and oxygen atoms in total. The smallest absolute Gasteiger partial charge is 0.224 e. The Morgan fingerprint density at radius 3 is 2.82 bits per heavy atom. The molecule has 22 heavy (non-hydrogen) atoms. The Labute approximate surface area is 145 Å². The van der Waals surface area contributed by atoms with Crippen molar-refractivity contribution in [3.63, 3.8) is 0 Å². The molecule has 0 aromatic carbocycles. The molecule has 0 spiro atoms. The van der Waals surface area contributed by atoms with E-state index < -0.39 is 0 Å². The maximum Gasteiger partial charge on any atom is 0.224 e. The van der Waals surface area contributed by atoms with Gasteiger partial charge < -0.3 is 15.0 Å². The Hall–Kier alpha value is -0.0700. The fourth-order valence-electron chi connectivity index (χ4n) is 3.78. The summed E-state index contributed by atoms with van der Waals surface area (Å²) in [6.07, 6.45) is 4.47. The number of amides is 1. The number of rotatable bonds is 2. The van der Waals surface area contributed by atoms with E-state index in [1.54, 1.807) is 0 Å². The van der Waals surface area contributed by atoms with Gasteiger partial charge in [0.2, 0.25) is 5.91 Å². The Morgan fingerprint density at radius 1 is 1.27 bits per heavy atom. The van der Waals surface area contributed by atoms with Gasteiger partial charge in [-0.05, 0) is 26.3 Å². The number of carbonyl (C=O) groups excluding carboxylic acids is 1. The van der Waals surface area contributed by atoms with E-state index in [0.717, 1.165) is 26.2 Å². The number of hydrogen-bond donors (Lipinski definition) is 1. The van der Waals surface area contributed by atoms with Gasteiger partial charge in [-0.15, -0.1) is 24.8 Å². The van der Waals surface area contributed by atoms with Crippen LogP contribution in [-0.4, -0.2) is 73.2 Å². The lowest BCUT2D eigenvalue weighted by molar-refractivity contribution is -0.139. The largest absolute Gasteiger partial charge is 0.378 e. The summed E-state index contributed by atoms with van der Waals surface area (Å²) in [6.45, 7) is 7.68. The van der Waals surface area contributed by atoms with Gasteiger partial charge in [0.1, 0.15) is 0 Å². The minimum atomic E-state index is 0. The van der Waals surface area contributed by atoms with Gasteiger partial charge in [-0.3, -0.25) is 9.69 Å². The average Bonchev–Trinajstić information content (AvgIpc) is 2.47. The molecule has 1 amide bonds. The lowest BCUT2D eigenvalue weighted by Crippen LogP contribution is -2.60. The zero-order chi connectivity index (χ0) is 13.9. The highest BCUT2D eigenvalue weighted by molar-refractivity contribution is 5.85. The molecule has 3 heterocycles. The molecule has 7 heteroatoms. The molecular weight excluding hydrogens is 325 g/mol. The summed E-state index contributed by atoms with van der Waals surface area (Å²) < 4.78 is 5.44. The van der Waals surface area contributed by atoms with Crippen molar-refractivity contribution in [1.82, 2.24) is 15.1 Å². The first-order chi connectivity index (χ1) is 9.74. The molecule has 3 atom stereocenters. The Balaban J connectivity index is 0.00000121. The second-order valence-corrected chi connectivity index (χ2v) is 6.47. The third-order valence-electron chi connectivity index (χ3n) is 4.93. The van der Waals surface area contributed by atoms with Crippen molar-refractivity contribution < 1.29 is 9.53 Å². The van der Waals surface area contributed by atoms with E-state index in [9.17, 15) is 4.79 Å². The van der Waals surface area contributed by atoms with Crippen LogP contribution in [0.5, 0.6) is 0 Å². The number of ether oxygens (including phenoxy) is 1. The van der Waals surface area contributed by atoms with E-state index in [2.05, 4.69) is 22.0 Å². The molecule has 3 aliphatic rings. The van der Waals surface area contributed by atoms with Crippen LogP contribution in [0.15, 0.2) is 0 Å². The number of halogens is 2. The number of nitrogens with zero attached hydrogens (tertiary/aromatic N) is 2. The standard InChI is InChI=1S/C15H27N3O2.2ClH/c1-12-9-17-6-3-2-4-14(17)10-18(12)15(19)8-13-11-20-7-5-16-13;;/h12-14,16H,2-11H2,1H3;2*1H. The van der Waals surface area contributed by atoms with Crippen LogP contribution >= 0.6 is 24.8 Å². The molecule has 3 aliphatic heterocycles. The topological polar surface area (TPSA) is 44.8 Å². The molecule has 3 rings (SSSR count). The molecular formula is C15H29Cl2N3O2. The van der Waals surface area contributed by atoms with Gasteiger partial charge in [0.05, 0.1) is 13.2 Å². The van der Waals surface area contributed by atoms with Crippen LogP contribution in [0.25, 0.3) is 0 Å². The predicted molar refractivity (Wildman–Crippen MR) is 92.1 cm³/mol. The normalized spacial score (nSPS) is 32.4. The van der Waals surface area contributed by atoms with E-state index in [1.807, 2.05) is 0 Å². The van der Waals surface area contributed by atoms with Gasteiger partial charge in [0.15, 0.2) is 0 Å². The van der Waals surface area contributed by atoms with Crippen LogP contribution < -0.4 is 5.32 Å². The van der Waals surface area contributed by atoms with Crippen molar-refractivity contribution in [2.75, 3.05) is 39.4 Å². The maximum absolute atomic E-state index is 12.6. The SMILES string of the molecule is CC1CN2CCCCC2CN1C(=O)CC1COCCN1.Cl.Cl. The molecule has 0 saturated carbocycles. The third kappa shape index (κ3) is 4.71. The molecule has 0 aromatic heterocycles. The van der Waals surface area contributed by atoms with Crippen molar-refractivity contribution >= 4 is 30.7 Å². The Morgan fingerprint density at radius 2 is 2.09 bits per heavy atom. The average molecular weight is 354 g/mol. The van der Waals surface area contributed by atoms with E-state index >= 15 is 0 Å². The second-order valence-electron chi connectivity index (χ2n) is 6.47. The Bertz CT molecular complexity index is 354. The summed E-state index contributed by atoms with van der Waals surface area (Å²) in [5, 5.41) is 3.38. The highest BCUT2D eigenvalue weighted by Gasteiger charge is 2.35. The van der Waals surface area contributed by atoms with Crippen molar-refractivity contribution in [3.8, 4) is 0 Å². The van der Waals surface area contributed by atoms with Crippen molar-refractivity contribution in [2.45, 2.75) is 50.7 Å². The molecule has 3 fully saturated rings. The van der Waals surface area contributed by atoms with Crippen LogP contribution in [-0.2, 0) is 9.53 Å². The lowest BCUT2D eigenvalue weighted by Gasteiger charge is -2.47. The van der Waals surface area contributed by atoms with E-state index in [4.69, 9.17) is 4.74 Å². The predicted octanol–water partition coefficient (Wildman–Crippen LogP) is 1.29. The van der Waals surface area contributed by atoms with Gasteiger partial charge in [0, 0.05) is 44.2 Å². The molecule has 0 bridgehead atoms. The van der Waals surface area contributed by atoms with Gasteiger partial charge in [-0.25, -0.2) is 0 Å². The fourth-order valence-corrected chi connectivity index (χ4v) is 3.78. The van der Waals surface area contributed by atoms with Crippen LogP contribution in [0.1, 0.15) is 32.6 Å². The van der Waals surface area contributed by atoms with Crippen LogP contribution in [0.2, 0.25) is 0 Å². The number of nitrogens with one attached hydrogen (secondary N) is 1. The number of fused-ring (bicyclic) bond motifs is 1. The molecule has 0 radical (unpaired) electrons. The monoisotopic (exact) mass is 353 g/mol. The first kappa shape index (κ1) is 20.0. The third-order valence-corrected chi connectivity index (χ3v) is 4.93. The lowest BCUT2D eigenvalue weighted by atomic mass is 9.96. The fraction of sp³-hybridized carbons (Fsp3) is 0.933. The van der Waals surface area contributed by atoms with Gasteiger partial charge in [0.25, 0.3) is 0 Å². The van der Waals surface area contributed by atoms with E-state index in [1.165, 1.54) is 25.8 Å². The van der Waals surface area contributed by atoms with Crippen molar-refractivity contribution in [3.05, 3.63) is 0 Å².